The van der Waals surface area contributed by atoms with Crippen molar-refractivity contribution in [1.82, 2.24) is 10.6 Å². The Bertz CT molecular complexity index is 642. The molecule has 1 aromatic carbocycles. The standard InChI is InChI=1S/C17H22N2O6/c1-11(2)19-15(21)8-18-16(22)9-25-17(23)10-24-14-6-4-5-13(7-14)12(3)20/h4-7,11H,8-10H2,1-3H3,(H,18,22)(H,19,21). The van der Waals surface area contributed by atoms with Crippen LogP contribution < -0.4 is 15.4 Å². The molecule has 2 N–H and O–H groups in total. The zero-order valence-corrected chi connectivity index (χ0v) is 14.5. The van der Waals surface area contributed by atoms with E-state index in [-0.39, 0.29) is 24.3 Å². The van der Waals surface area contributed by atoms with Crippen molar-refractivity contribution in [2.24, 2.45) is 0 Å². The molecule has 2 amide bonds. The lowest BCUT2D eigenvalue weighted by atomic mass is 10.1. The topological polar surface area (TPSA) is 111 Å². The van der Waals surface area contributed by atoms with E-state index < -0.39 is 25.1 Å². The van der Waals surface area contributed by atoms with Crippen molar-refractivity contribution in [3.63, 3.8) is 0 Å². The van der Waals surface area contributed by atoms with Crippen LogP contribution in [0.2, 0.25) is 0 Å². The lowest BCUT2D eigenvalue weighted by Crippen LogP contribution is -2.41. The Labute approximate surface area is 145 Å². The number of carbonyl (C=O) groups excluding carboxylic acids is 4. The van der Waals surface area contributed by atoms with Crippen molar-refractivity contribution in [3.8, 4) is 5.75 Å². The maximum Gasteiger partial charge on any atom is 0.344 e. The van der Waals surface area contributed by atoms with Crippen molar-refractivity contribution in [1.29, 1.82) is 0 Å². The van der Waals surface area contributed by atoms with E-state index in [4.69, 9.17) is 9.47 Å². The molecule has 0 aliphatic carbocycles. The quantitative estimate of drug-likeness (QED) is 0.494. The second-order valence-electron chi connectivity index (χ2n) is 5.53. The summed E-state index contributed by atoms with van der Waals surface area (Å²) < 4.78 is 9.95. The summed E-state index contributed by atoms with van der Waals surface area (Å²) in [4.78, 5) is 45.6. The number of ether oxygens (including phenoxy) is 2. The van der Waals surface area contributed by atoms with E-state index in [9.17, 15) is 19.2 Å². The summed E-state index contributed by atoms with van der Waals surface area (Å²) in [5.41, 5.74) is 0.463. The molecule has 0 aliphatic heterocycles. The van der Waals surface area contributed by atoms with Crippen LogP contribution in [-0.2, 0) is 19.1 Å². The molecule has 0 aliphatic rings. The SMILES string of the molecule is CC(=O)c1cccc(OCC(=O)OCC(=O)NCC(=O)NC(C)C)c1. The Morgan fingerprint density at radius 2 is 1.80 bits per heavy atom. The molecule has 8 nitrogen and oxygen atoms in total. The van der Waals surface area contributed by atoms with Crippen molar-refractivity contribution in [2.45, 2.75) is 26.8 Å². The number of hydrogen-bond donors (Lipinski definition) is 2. The van der Waals surface area contributed by atoms with Gasteiger partial charge in [-0.05, 0) is 32.9 Å². The number of amides is 2. The maximum atomic E-state index is 11.5. The van der Waals surface area contributed by atoms with Gasteiger partial charge in [0.15, 0.2) is 19.0 Å². The first-order valence-electron chi connectivity index (χ1n) is 7.73. The number of nitrogens with one attached hydrogen (secondary N) is 2. The van der Waals surface area contributed by atoms with Gasteiger partial charge in [-0.15, -0.1) is 0 Å². The van der Waals surface area contributed by atoms with E-state index in [1.165, 1.54) is 13.0 Å². The number of benzene rings is 1. The summed E-state index contributed by atoms with van der Waals surface area (Å²) in [5.74, 6) is -1.44. The van der Waals surface area contributed by atoms with E-state index in [1.807, 2.05) is 0 Å². The van der Waals surface area contributed by atoms with Crippen molar-refractivity contribution in [2.75, 3.05) is 19.8 Å². The molecule has 1 rings (SSSR count). The number of hydrogen-bond acceptors (Lipinski definition) is 6. The van der Waals surface area contributed by atoms with E-state index in [0.717, 1.165) is 0 Å². The van der Waals surface area contributed by atoms with E-state index in [0.29, 0.717) is 11.3 Å². The van der Waals surface area contributed by atoms with Gasteiger partial charge in [-0.25, -0.2) is 4.79 Å². The van der Waals surface area contributed by atoms with Crippen molar-refractivity contribution >= 4 is 23.6 Å². The minimum absolute atomic E-state index is 0.0270. The average molecular weight is 350 g/mol. The molecule has 0 saturated carbocycles. The van der Waals surface area contributed by atoms with Crippen LogP contribution in [-0.4, -0.2) is 49.4 Å². The van der Waals surface area contributed by atoms with Crippen LogP contribution >= 0.6 is 0 Å². The van der Waals surface area contributed by atoms with Gasteiger partial charge in [-0.1, -0.05) is 12.1 Å². The first kappa shape index (κ1) is 20.1. The second kappa shape index (κ2) is 10.1. The second-order valence-corrected chi connectivity index (χ2v) is 5.53. The number of Topliss-reactive ketones (excluding diaryl/α,β-unsaturated/α-hetero) is 1. The van der Waals surface area contributed by atoms with Gasteiger partial charge >= 0.3 is 5.97 Å². The fraction of sp³-hybridized carbons (Fsp3) is 0.412. The zero-order valence-electron chi connectivity index (χ0n) is 14.5. The number of ketones is 1. The lowest BCUT2D eigenvalue weighted by Gasteiger charge is -2.10. The molecular formula is C17H22N2O6. The van der Waals surface area contributed by atoms with Crippen LogP contribution in [0.3, 0.4) is 0 Å². The first-order chi connectivity index (χ1) is 11.8. The fourth-order valence-corrected chi connectivity index (χ4v) is 1.74. The van der Waals surface area contributed by atoms with Crippen molar-refractivity contribution in [3.05, 3.63) is 29.8 Å². The van der Waals surface area contributed by atoms with Gasteiger partial charge in [-0.3, -0.25) is 14.4 Å². The molecule has 1 aromatic rings. The highest BCUT2D eigenvalue weighted by atomic mass is 16.6. The van der Waals surface area contributed by atoms with Gasteiger partial charge in [0.25, 0.3) is 5.91 Å². The monoisotopic (exact) mass is 350 g/mol. The van der Waals surface area contributed by atoms with Crippen LogP contribution in [0, 0.1) is 0 Å². The summed E-state index contributed by atoms with van der Waals surface area (Å²) in [5, 5.41) is 4.94. The minimum Gasteiger partial charge on any atom is -0.482 e. The average Bonchev–Trinajstić information content (AvgIpc) is 2.55. The van der Waals surface area contributed by atoms with Gasteiger partial charge < -0.3 is 20.1 Å². The summed E-state index contributed by atoms with van der Waals surface area (Å²) in [6.07, 6.45) is 0. The van der Waals surface area contributed by atoms with Crippen LogP contribution in [0.15, 0.2) is 24.3 Å². The molecule has 0 atom stereocenters. The smallest absolute Gasteiger partial charge is 0.344 e. The van der Waals surface area contributed by atoms with Crippen molar-refractivity contribution < 1.29 is 28.7 Å². The van der Waals surface area contributed by atoms with E-state index >= 15 is 0 Å². The molecule has 136 valence electrons. The number of carbonyl (C=O) groups is 4. The Balaban J connectivity index is 2.28. The summed E-state index contributed by atoms with van der Waals surface area (Å²) in [6.45, 7) is 3.92. The summed E-state index contributed by atoms with van der Waals surface area (Å²) in [6, 6.07) is 6.34. The molecule has 0 aromatic heterocycles. The van der Waals surface area contributed by atoms with E-state index in [2.05, 4.69) is 10.6 Å². The number of esters is 1. The minimum atomic E-state index is -0.741. The Kier molecular flexibility index (Phi) is 8.11. The first-order valence-corrected chi connectivity index (χ1v) is 7.73. The van der Waals surface area contributed by atoms with Gasteiger partial charge in [0, 0.05) is 11.6 Å². The van der Waals surface area contributed by atoms with Gasteiger partial charge in [-0.2, -0.15) is 0 Å². The number of rotatable bonds is 9. The molecule has 8 heteroatoms. The molecule has 0 saturated heterocycles. The molecule has 0 radical (unpaired) electrons. The van der Waals surface area contributed by atoms with Crippen LogP contribution in [0.1, 0.15) is 31.1 Å². The van der Waals surface area contributed by atoms with Crippen LogP contribution in [0.25, 0.3) is 0 Å². The summed E-state index contributed by atoms with van der Waals surface area (Å²) in [7, 11) is 0. The predicted molar refractivity (Wildman–Crippen MR) is 89.2 cm³/mol. The predicted octanol–water partition coefficient (Wildman–Crippen LogP) is 0.452. The molecule has 0 spiro atoms. The molecule has 0 heterocycles. The van der Waals surface area contributed by atoms with Gasteiger partial charge in [0.05, 0.1) is 6.54 Å². The Morgan fingerprint density at radius 3 is 2.44 bits per heavy atom. The molecule has 25 heavy (non-hydrogen) atoms. The highest BCUT2D eigenvalue weighted by molar-refractivity contribution is 5.94. The third-order valence-corrected chi connectivity index (χ3v) is 2.86. The van der Waals surface area contributed by atoms with Gasteiger partial charge in [0.2, 0.25) is 5.91 Å². The third kappa shape index (κ3) is 8.50. The molecule has 0 unspecified atom stereocenters. The Morgan fingerprint density at radius 1 is 1.08 bits per heavy atom. The third-order valence-electron chi connectivity index (χ3n) is 2.86. The largest absolute Gasteiger partial charge is 0.482 e. The molecular weight excluding hydrogens is 328 g/mol. The summed E-state index contributed by atoms with van der Waals surface area (Å²) >= 11 is 0. The molecule has 0 fully saturated rings. The Hall–Kier alpha value is -2.90. The lowest BCUT2D eigenvalue weighted by molar-refractivity contribution is -0.150. The van der Waals surface area contributed by atoms with Crippen LogP contribution in [0.5, 0.6) is 5.75 Å². The van der Waals surface area contributed by atoms with Gasteiger partial charge in [0.1, 0.15) is 5.75 Å². The van der Waals surface area contributed by atoms with Crippen LogP contribution in [0.4, 0.5) is 0 Å². The highest BCUT2D eigenvalue weighted by Crippen LogP contribution is 2.13. The fourth-order valence-electron chi connectivity index (χ4n) is 1.74. The van der Waals surface area contributed by atoms with E-state index in [1.54, 1.807) is 32.0 Å². The highest BCUT2D eigenvalue weighted by Gasteiger charge is 2.11. The zero-order chi connectivity index (χ0) is 18.8. The molecule has 0 bridgehead atoms. The normalized spacial score (nSPS) is 10.1. The maximum absolute atomic E-state index is 11.5.